The van der Waals surface area contributed by atoms with Crippen LogP contribution in [-0.2, 0) is 0 Å². The van der Waals surface area contributed by atoms with Crippen molar-refractivity contribution in [3.05, 3.63) is 56.6 Å². The molecule has 3 rings (SSSR count). The van der Waals surface area contributed by atoms with E-state index in [0.717, 1.165) is 20.5 Å². The molecule has 0 saturated carbocycles. The van der Waals surface area contributed by atoms with Crippen LogP contribution >= 0.6 is 22.7 Å². The average molecular weight is 272 g/mol. The van der Waals surface area contributed by atoms with Gasteiger partial charge in [-0.25, -0.2) is 0 Å². The van der Waals surface area contributed by atoms with Gasteiger partial charge in [0, 0.05) is 15.1 Å². The Morgan fingerprint density at radius 2 is 2.00 bits per heavy atom. The highest BCUT2D eigenvalue weighted by Gasteiger charge is 2.15. The summed E-state index contributed by atoms with van der Waals surface area (Å²) < 4.78 is 1.09. The van der Waals surface area contributed by atoms with Crippen LogP contribution in [0, 0.1) is 13.8 Å². The van der Waals surface area contributed by atoms with Crippen molar-refractivity contribution in [2.24, 2.45) is 0 Å². The molecule has 0 amide bonds. The lowest BCUT2D eigenvalue weighted by atomic mass is 10.1. The Labute approximate surface area is 114 Å². The van der Waals surface area contributed by atoms with E-state index in [1.54, 1.807) is 22.7 Å². The summed E-state index contributed by atoms with van der Waals surface area (Å²) in [4.78, 5) is 14.6. The zero-order valence-corrected chi connectivity index (χ0v) is 11.8. The highest BCUT2D eigenvalue weighted by atomic mass is 32.1. The van der Waals surface area contributed by atoms with Gasteiger partial charge in [-0.2, -0.15) is 0 Å². The topological polar surface area (TPSA) is 17.1 Å². The van der Waals surface area contributed by atoms with Crippen molar-refractivity contribution in [3.63, 3.8) is 0 Å². The number of carbonyl (C=O) groups excluding carboxylic acids is 1. The number of ketones is 1. The van der Waals surface area contributed by atoms with E-state index in [0.29, 0.717) is 0 Å². The molecule has 18 heavy (non-hydrogen) atoms. The van der Waals surface area contributed by atoms with Crippen LogP contribution in [0.2, 0.25) is 0 Å². The van der Waals surface area contributed by atoms with Gasteiger partial charge in [0.1, 0.15) is 0 Å². The van der Waals surface area contributed by atoms with Crippen LogP contribution in [0.1, 0.15) is 25.7 Å². The van der Waals surface area contributed by atoms with Gasteiger partial charge in [-0.3, -0.25) is 4.79 Å². The lowest BCUT2D eigenvalue weighted by Gasteiger charge is -1.99. The van der Waals surface area contributed by atoms with Gasteiger partial charge < -0.3 is 0 Å². The summed E-state index contributed by atoms with van der Waals surface area (Å²) in [5.74, 6) is 0.143. The quantitative estimate of drug-likeness (QED) is 0.612. The van der Waals surface area contributed by atoms with Crippen LogP contribution in [0.4, 0.5) is 0 Å². The lowest BCUT2D eigenvalue weighted by Crippen LogP contribution is -1.98. The van der Waals surface area contributed by atoms with Gasteiger partial charge in [-0.05, 0) is 48.4 Å². The molecule has 90 valence electrons. The van der Waals surface area contributed by atoms with Gasteiger partial charge in [-0.15, -0.1) is 22.7 Å². The van der Waals surface area contributed by atoms with Gasteiger partial charge in [-0.1, -0.05) is 12.1 Å². The molecule has 2 heterocycles. The predicted molar refractivity (Wildman–Crippen MR) is 79.1 cm³/mol. The van der Waals surface area contributed by atoms with Crippen LogP contribution in [-0.4, -0.2) is 5.78 Å². The van der Waals surface area contributed by atoms with Gasteiger partial charge in [0.2, 0.25) is 5.78 Å². The van der Waals surface area contributed by atoms with Crippen molar-refractivity contribution in [2.45, 2.75) is 13.8 Å². The largest absolute Gasteiger partial charge is 0.288 e. The maximum Gasteiger partial charge on any atom is 0.204 e. The normalized spacial score (nSPS) is 11.0. The molecule has 3 aromatic rings. The average Bonchev–Trinajstić information content (AvgIpc) is 2.95. The number of hydrogen-bond acceptors (Lipinski definition) is 3. The summed E-state index contributed by atoms with van der Waals surface area (Å²) in [5, 5.41) is 3.18. The van der Waals surface area contributed by atoms with Crippen LogP contribution in [0.15, 0.2) is 35.7 Å². The summed E-state index contributed by atoms with van der Waals surface area (Å²) in [6.07, 6.45) is 0. The summed E-state index contributed by atoms with van der Waals surface area (Å²) in [5.41, 5.74) is 2.02. The molecule has 0 spiro atoms. The minimum atomic E-state index is 0.143. The second kappa shape index (κ2) is 4.34. The summed E-state index contributed by atoms with van der Waals surface area (Å²) in [6, 6.07) is 9.98. The van der Waals surface area contributed by atoms with Gasteiger partial charge in [0.25, 0.3) is 0 Å². The summed E-state index contributed by atoms with van der Waals surface area (Å²) in [7, 11) is 0. The van der Waals surface area contributed by atoms with E-state index in [9.17, 15) is 4.79 Å². The third kappa shape index (κ3) is 1.80. The number of benzene rings is 1. The van der Waals surface area contributed by atoms with Crippen LogP contribution < -0.4 is 0 Å². The molecule has 0 aliphatic rings. The minimum Gasteiger partial charge on any atom is -0.288 e. The molecule has 1 nitrogen and oxygen atoms in total. The second-order valence-corrected chi connectivity index (χ2v) is 6.50. The number of carbonyl (C=O) groups is 1. The van der Waals surface area contributed by atoms with Crippen LogP contribution in [0.5, 0.6) is 0 Å². The molecule has 2 aromatic heterocycles. The highest BCUT2D eigenvalue weighted by molar-refractivity contribution is 7.18. The van der Waals surface area contributed by atoms with Crippen molar-refractivity contribution >= 4 is 38.5 Å². The number of hydrogen-bond donors (Lipinski definition) is 0. The van der Waals surface area contributed by atoms with Gasteiger partial charge in [0.05, 0.1) is 4.88 Å². The van der Waals surface area contributed by atoms with E-state index in [1.807, 2.05) is 36.6 Å². The Morgan fingerprint density at radius 3 is 2.72 bits per heavy atom. The predicted octanol–water partition coefficient (Wildman–Crippen LogP) is 4.81. The van der Waals surface area contributed by atoms with Crippen molar-refractivity contribution in [1.82, 2.24) is 0 Å². The molecular weight excluding hydrogens is 260 g/mol. The maximum absolute atomic E-state index is 12.5. The molecule has 0 bridgehead atoms. The fourth-order valence-electron chi connectivity index (χ4n) is 1.99. The lowest BCUT2D eigenvalue weighted by molar-refractivity contribution is 0.104. The Morgan fingerprint density at radius 1 is 1.17 bits per heavy atom. The Hall–Kier alpha value is -1.45. The zero-order chi connectivity index (χ0) is 12.7. The van der Waals surface area contributed by atoms with Gasteiger partial charge >= 0.3 is 0 Å². The SMILES string of the molecule is Cc1cc(C(=O)c2cccc3ccsc23)sc1C. The van der Waals surface area contributed by atoms with Crippen LogP contribution in [0.25, 0.3) is 10.1 Å². The summed E-state index contributed by atoms with van der Waals surface area (Å²) >= 11 is 3.22. The minimum absolute atomic E-state index is 0.143. The number of thiophene rings is 2. The van der Waals surface area contributed by atoms with E-state index < -0.39 is 0 Å². The van der Waals surface area contributed by atoms with Crippen molar-refractivity contribution in [2.75, 3.05) is 0 Å². The third-order valence-corrected chi connectivity index (χ3v) is 5.23. The van der Waals surface area contributed by atoms with Crippen molar-refractivity contribution < 1.29 is 4.79 Å². The van der Waals surface area contributed by atoms with Crippen LogP contribution in [0.3, 0.4) is 0 Å². The zero-order valence-electron chi connectivity index (χ0n) is 10.2. The van der Waals surface area contributed by atoms with E-state index in [4.69, 9.17) is 0 Å². The van der Waals surface area contributed by atoms with E-state index in [-0.39, 0.29) is 5.78 Å². The third-order valence-electron chi connectivity index (χ3n) is 3.11. The van der Waals surface area contributed by atoms with E-state index >= 15 is 0 Å². The van der Waals surface area contributed by atoms with Crippen molar-refractivity contribution in [1.29, 1.82) is 0 Å². The Bertz CT molecular complexity index is 714. The molecule has 0 saturated heterocycles. The molecule has 0 radical (unpaired) electrons. The van der Waals surface area contributed by atoms with Gasteiger partial charge in [0.15, 0.2) is 0 Å². The first-order chi connectivity index (χ1) is 8.66. The molecule has 0 unspecified atom stereocenters. The molecule has 0 fully saturated rings. The number of fused-ring (bicyclic) bond motifs is 1. The molecule has 0 aliphatic heterocycles. The molecule has 3 heteroatoms. The first-order valence-electron chi connectivity index (χ1n) is 5.75. The smallest absolute Gasteiger partial charge is 0.204 e. The number of aryl methyl sites for hydroxylation is 2. The molecule has 0 atom stereocenters. The monoisotopic (exact) mass is 272 g/mol. The fraction of sp³-hybridized carbons (Fsp3) is 0.133. The number of rotatable bonds is 2. The van der Waals surface area contributed by atoms with E-state index in [2.05, 4.69) is 13.0 Å². The Kier molecular flexibility index (Phi) is 2.80. The first kappa shape index (κ1) is 11.6. The van der Waals surface area contributed by atoms with E-state index in [1.165, 1.54) is 10.4 Å². The molecular formula is C15H12OS2. The Balaban J connectivity index is 2.14. The standard InChI is InChI=1S/C15H12OS2/c1-9-8-13(18-10(9)2)14(16)12-5-3-4-11-6-7-17-15(11)12/h3-8H,1-2H3. The first-order valence-corrected chi connectivity index (χ1v) is 7.44. The molecule has 0 N–H and O–H groups in total. The molecule has 0 aliphatic carbocycles. The second-order valence-electron chi connectivity index (χ2n) is 4.32. The fourth-order valence-corrected chi connectivity index (χ4v) is 3.89. The molecule has 1 aromatic carbocycles. The van der Waals surface area contributed by atoms with Crippen molar-refractivity contribution in [3.8, 4) is 0 Å². The maximum atomic E-state index is 12.5. The highest BCUT2D eigenvalue weighted by Crippen LogP contribution is 2.29. The summed E-state index contributed by atoms with van der Waals surface area (Å²) in [6.45, 7) is 4.11.